The molecule has 1 fully saturated rings. The number of nitrogens with one attached hydrogen (secondary N) is 1. The minimum atomic E-state index is -2.94. The summed E-state index contributed by atoms with van der Waals surface area (Å²) in [5.74, 6) is 1.63. The van der Waals surface area contributed by atoms with Crippen LogP contribution in [0.5, 0.6) is 5.75 Å². The molecule has 0 spiro atoms. The summed E-state index contributed by atoms with van der Waals surface area (Å²) in [7, 11) is -1.36. The van der Waals surface area contributed by atoms with E-state index < -0.39 is 9.84 Å². The quantitative estimate of drug-likeness (QED) is 0.729. The number of rotatable bonds is 6. The van der Waals surface area contributed by atoms with Crippen LogP contribution in [0.3, 0.4) is 0 Å². The maximum absolute atomic E-state index is 11.8. The monoisotopic (exact) mass is 416 g/mol. The highest BCUT2D eigenvalue weighted by Crippen LogP contribution is 2.30. The highest BCUT2D eigenvalue weighted by Gasteiger charge is 2.31. The summed E-state index contributed by atoms with van der Waals surface area (Å²) in [6.07, 6.45) is 0.645. The Hall–Kier alpha value is -1.42. The zero-order valence-electron chi connectivity index (χ0n) is 14.6. The van der Waals surface area contributed by atoms with Gasteiger partial charge in [0.15, 0.2) is 15.7 Å². The summed E-state index contributed by atoms with van der Waals surface area (Å²) in [6.45, 7) is 3.17. The highest BCUT2D eigenvalue weighted by molar-refractivity contribution is 7.91. The molecule has 1 atom stereocenters. The summed E-state index contributed by atoms with van der Waals surface area (Å²) in [4.78, 5) is 6.51. The van der Waals surface area contributed by atoms with Crippen molar-refractivity contribution >= 4 is 33.7 Å². The first-order valence-corrected chi connectivity index (χ1v) is 10.9. The fraction of sp³-hybridized carbons (Fsp3) is 0.500. The highest BCUT2D eigenvalue weighted by atomic mass is 35.5. The lowest BCUT2D eigenvalue weighted by atomic mass is 10.2. The van der Waals surface area contributed by atoms with Crippen LogP contribution in [-0.2, 0) is 16.5 Å². The predicted molar refractivity (Wildman–Crippen MR) is 104 cm³/mol. The molecular formula is C16H21ClN4O3S2. The lowest BCUT2D eigenvalue weighted by molar-refractivity contribution is 0.164. The smallest absolute Gasteiger partial charge is 0.217 e. The summed E-state index contributed by atoms with van der Waals surface area (Å²) in [6, 6.07) is 5.28. The van der Waals surface area contributed by atoms with Crippen LogP contribution in [0.2, 0.25) is 5.02 Å². The van der Waals surface area contributed by atoms with Gasteiger partial charge >= 0.3 is 0 Å². The van der Waals surface area contributed by atoms with Gasteiger partial charge in [-0.2, -0.15) is 4.98 Å². The van der Waals surface area contributed by atoms with Crippen LogP contribution < -0.4 is 4.74 Å². The Balaban J connectivity index is 1.87. The van der Waals surface area contributed by atoms with Crippen molar-refractivity contribution in [2.45, 2.75) is 26.1 Å². The van der Waals surface area contributed by atoms with Gasteiger partial charge in [-0.1, -0.05) is 18.5 Å². The molecule has 0 saturated carbocycles. The van der Waals surface area contributed by atoms with Crippen molar-refractivity contribution in [1.29, 1.82) is 0 Å². The molecule has 1 aromatic carbocycles. The first-order chi connectivity index (χ1) is 12.3. The lowest BCUT2D eigenvalue weighted by Gasteiger charge is -2.26. The van der Waals surface area contributed by atoms with Gasteiger partial charge in [0.2, 0.25) is 4.77 Å². The van der Waals surface area contributed by atoms with Gasteiger partial charge in [-0.15, -0.1) is 0 Å². The fourth-order valence-corrected chi connectivity index (χ4v) is 5.29. The molecule has 2 heterocycles. The molecule has 1 aliphatic rings. The van der Waals surface area contributed by atoms with Crippen molar-refractivity contribution in [3.05, 3.63) is 28.0 Å². The molecule has 3 rings (SSSR count). The van der Waals surface area contributed by atoms with Crippen molar-refractivity contribution in [2.75, 3.05) is 25.2 Å². The number of aromatic nitrogens is 3. The maximum atomic E-state index is 11.8. The molecule has 1 N–H and O–H groups in total. The van der Waals surface area contributed by atoms with E-state index >= 15 is 0 Å². The van der Waals surface area contributed by atoms with E-state index in [-0.39, 0.29) is 17.5 Å². The van der Waals surface area contributed by atoms with Gasteiger partial charge < -0.3 is 4.74 Å². The third-order valence-corrected chi connectivity index (χ3v) is 6.85. The Bertz CT molecular complexity index is 955. The average Bonchev–Trinajstić information content (AvgIpc) is 3.14. The zero-order valence-corrected chi connectivity index (χ0v) is 17.0. The van der Waals surface area contributed by atoms with E-state index in [0.29, 0.717) is 34.5 Å². The Kier molecular flexibility index (Phi) is 5.71. The van der Waals surface area contributed by atoms with E-state index in [1.54, 1.807) is 30.0 Å². The first-order valence-electron chi connectivity index (χ1n) is 8.28. The number of ether oxygens (including phenoxy) is 1. The molecule has 0 unspecified atom stereocenters. The van der Waals surface area contributed by atoms with Gasteiger partial charge in [-0.05, 0) is 43.4 Å². The first kappa shape index (κ1) is 19.3. The van der Waals surface area contributed by atoms with Gasteiger partial charge in [0, 0.05) is 11.1 Å². The Labute approximate surface area is 162 Å². The number of nitrogens with zero attached hydrogens (tertiary/aromatic N) is 3. The summed E-state index contributed by atoms with van der Waals surface area (Å²) in [5, 5.41) is 3.75. The number of aromatic amines is 1. The average molecular weight is 417 g/mol. The SMILES string of the molecule is CCN(Cn1[nH]c(-c2cc(Cl)ccc2OC)nc1=S)[C@@H]1CCS(=O)(=O)C1. The number of benzene rings is 1. The number of H-pyrrole nitrogens is 1. The fourth-order valence-electron chi connectivity index (χ4n) is 3.16. The standard InChI is InChI=1S/C16H21ClN4O3S2/c1-3-20(12-6-7-26(22,23)9-12)10-21-16(25)18-15(19-21)13-8-11(17)4-5-14(13)24-2/h4-5,8,12H,3,6-7,9-10H2,1-2H3,(H,18,19,25)/t12-/m1/s1. The molecule has 0 aliphatic carbocycles. The molecular weight excluding hydrogens is 396 g/mol. The molecule has 0 amide bonds. The predicted octanol–water partition coefficient (Wildman–Crippen LogP) is 2.74. The topological polar surface area (TPSA) is 80.2 Å². The second-order valence-corrected chi connectivity index (χ2v) is 9.26. The molecule has 0 radical (unpaired) electrons. The third kappa shape index (κ3) is 4.11. The van der Waals surface area contributed by atoms with E-state index in [1.165, 1.54) is 0 Å². The lowest BCUT2D eigenvalue weighted by Crippen LogP contribution is -2.37. The van der Waals surface area contributed by atoms with Crippen molar-refractivity contribution in [3.63, 3.8) is 0 Å². The van der Waals surface area contributed by atoms with Crippen molar-refractivity contribution < 1.29 is 13.2 Å². The molecule has 142 valence electrons. The molecule has 10 heteroatoms. The third-order valence-electron chi connectivity index (χ3n) is 4.55. The minimum Gasteiger partial charge on any atom is -0.496 e. The number of halogens is 1. The van der Waals surface area contributed by atoms with E-state index in [4.69, 9.17) is 28.6 Å². The minimum absolute atomic E-state index is 0.000596. The molecule has 0 bridgehead atoms. The van der Waals surface area contributed by atoms with Crippen molar-refractivity contribution in [1.82, 2.24) is 19.7 Å². The van der Waals surface area contributed by atoms with Crippen LogP contribution in [0.25, 0.3) is 11.4 Å². The molecule has 7 nitrogen and oxygen atoms in total. The van der Waals surface area contributed by atoms with E-state index in [0.717, 1.165) is 12.1 Å². The summed E-state index contributed by atoms with van der Waals surface area (Å²) < 4.78 is 31.0. The Morgan fingerprint density at radius 3 is 2.88 bits per heavy atom. The van der Waals surface area contributed by atoms with Crippen LogP contribution in [0.1, 0.15) is 13.3 Å². The second-order valence-electron chi connectivity index (χ2n) is 6.23. The van der Waals surface area contributed by atoms with Crippen molar-refractivity contribution in [2.24, 2.45) is 0 Å². The molecule has 2 aromatic rings. The second kappa shape index (κ2) is 7.67. The van der Waals surface area contributed by atoms with Gasteiger partial charge in [-0.25, -0.2) is 13.1 Å². The van der Waals surface area contributed by atoms with Gasteiger partial charge in [-0.3, -0.25) is 10.00 Å². The van der Waals surface area contributed by atoms with E-state index in [9.17, 15) is 8.42 Å². The molecule has 26 heavy (non-hydrogen) atoms. The molecule has 1 saturated heterocycles. The van der Waals surface area contributed by atoms with E-state index in [2.05, 4.69) is 15.0 Å². The van der Waals surface area contributed by atoms with Crippen LogP contribution in [0.15, 0.2) is 18.2 Å². The van der Waals surface area contributed by atoms with Crippen LogP contribution in [0.4, 0.5) is 0 Å². The van der Waals surface area contributed by atoms with Gasteiger partial charge in [0.1, 0.15) is 5.75 Å². The van der Waals surface area contributed by atoms with Crippen LogP contribution in [-0.4, -0.2) is 59.3 Å². The van der Waals surface area contributed by atoms with Gasteiger partial charge in [0.25, 0.3) is 0 Å². The van der Waals surface area contributed by atoms with E-state index in [1.807, 2.05) is 6.92 Å². The summed E-state index contributed by atoms with van der Waals surface area (Å²) in [5.41, 5.74) is 0.719. The van der Waals surface area contributed by atoms with Crippen LogP contribution >= 0.6 is 23.8 Å². The molecule has 1 aromatic heterocycles. The Morgan fingerprint density at radius 1 is 1.50 bits per heavy atom. The molecule has 1 aliphatic heterocycles. The van der Waals surface area contributed by atoms with Crippen LogP contribution in [0, 0.1) is 4.77 Å². The largest absolute Gasteiger partial charge is 0.496 e. The van der Waals surface area contributed by atoms with Crippen molar-refractivity contribution in [3.8, 4) is 17.1 Å². The van der Waals surface area contributed by atoms with Gasteiger partial charge in [0.05, 0.1) is 30.8 Å². The normalized spacial score (nSPS) is 19.2. The Morgan fingerprint density at radius 2 is 2.27 bits per heavy atom. The summed E-state index contributed by atoms with van der Waals surface area (Å²) >= 11 is 11.5. The number of methoxy groups -OCH3 is 1. The number of hydrogen-bond acceptors (Lipinski definition) is 6. The number of hydrogen-bond donors (Lipinski definition) is 1. The maximum Gasteiger partial charge on any atom is 0.217 e. The number of sulfone groups is 1. The zero-order chi connectivity index (χ0) is 18.9.